The second-order valence-corrected chi connectivity index (χ2v) is 17.6. The molecule has 0 bridgehead atoms. The maximum Gasteiger partial charge on any atom is 0.139 e. The van der Waals surface area contributed by atoms with Crippen LogP contribution in [-0.4, -0.2) is 92.6 Å². The Morgan fingerprint density at radius 1 is 0.700 bits per heavy atom. The third-order valence-electron chi connectivity index (χ3n) is 11.7. The summed E-state index contributed by atoms with van der Waals surface area (Å²) >= 11 is 3.65. The number of piperidine rings is 2. The van der Waals surface area contributed by atoms with Gasteiger partial charge < -0.3 is 9.97 Å². The molecule has 2 N–H and O–H groups in total. The predicted molar refractivity (Wildman–Crippen MR) is 213 cm³/mol. The number of hydrogen-bond donors (Lipinski definition) is 2. The molecule has 4 aliphatic rings. The van der Waals surface area contributed by atoms with Crippen LogP contribution in [0.4, 0.5) is 0 Å². The Morgan fingerprint density at radius 3 is 1.54 bits per heavy atom. The zero-order valence-electron chi connectivity index (χ0n) is 30.5. The Kier molecular flexibility index (Phi) is 11.5. The quantitative estimate of drug-likeness (QED) is 0.154. The molecule has 8 rings (SSSR count). The molecule has 0 radical (unpaired) electrons. The monoisotopic (exact) mass is 712 g/mol. The third kappa shape index (κ3) is 7.51. The number of benzene rings is 2. The summed E-state index contributed by atoms with van der Waals surface area (Å²) in [5.41, 5.74) is 8.68. The molecule has 0 unspecified atom stereocenters. The van der Waals surface area contributed by atoms with E-state index in [0.29, 0.717) is 58.8 Å². The van der Waals surface area contributed by atoms with Gasteiger partial charge in [-0.15, -0.1) is 0 Å². The van der Waals surface area contributed by atoms with E-state index < -0.39 is 0 Å². The number of Topliss-reactive ketones (excluding diaryl/α,β-unsaturated/α-hetero) is 2. The van der Waals surface area contributed by atoms with Gasteiger partial charge in [-0.1, -0.05) is 38.1 Å². The number of carbonyl (C=O) groups is 2. The van der Waals surface area contributed by atoms with Crippen LogP contribution in [0.5, 0.6) is 0 Å². The first kappa shape index (κ1) is 35.9. The maximum absolute atomic E-state index is 11.3. The lowest BCUT2D eigenvalue weighted by Crippen LogP contribution is -2.50. The molecule has 0 spiro atoms. The fraction of sp³-hybridized carbons (Fsp3) is 0.571. The number of ketones is 2. The van der Waals surface area contributed by atoms with Crippen LogP contribution in [0.1, 0.15) is 87.5 Å². The van der Waals surface area contributed by atoms with E-state index in [1.807, 2.05) is 23.5 Å². The van der Waals surface area contributed by atoms with Crippen LogP contribution in [0.3, 0.4) is 0 Å². The predicted octanol–water partition coefficient (Wildman–Crippen LogP) is 8.46. The number of aromatic nitrogens is 2. The molecule has 2 aromatic heterocycles. The highest BCUT2D eigenvalue weighted by Crippen LogP contribution is 2.46. The summed E-state index contributed by atoms with van der Waals surface area (Å²) in [4.78, 5) is 35.0. The van der Waals surface area contributed by atoms with Crippen molar-refractivity contribution >= 4 is 56.9 Å². The van der Waals surface area contributed by atoms with E-state index in [1.165, 1.54) is 97.6 Å². The molecule has 2 fully saturated rings. The first-order valence-electron chi connectivity index (χ1n) is 19.1. The smallest absolute Gasteiger partial charge is 0.139 e. The number of nitrogens with zero attached hydrogens (tertiary/aromatic N) is 2. The lowest BCUT2D eigenvalue weighted by atomic mass is 9.72. The Morgan fingerprint density at radius 2 is 1.14 bits per heavy atom. The van der Waals surface area contributed by atoms with Crippen molar-refractivity contribution in [2.75, 3.05) is 49.2 Å². The zero-order chi connectivity index (χ0) is 34.8. The number of fused-ring (bicyclic) bond motifs is 4. The summed E-state index contributed by atoms with van der Waals surface area (Å²) in [6.45, 7) is 12.7. The minimum Gasteiger partial charge on any atom is -0.361 e. The van der Waals surface area contributed by atoms with Crippen LogP contribution < -0.4 is 0 Å². The third-order valence-corrected chi connectivity index (χ3v) is 14.3. The zero-order valence-corrected chi connectivity index (χ0v) is 32.1. The van der Waals surface area contributed by atoms with Crippen LogP contribution in [0.2, 0.25) is 0 Å². The first-order chi connectivity index (χ1) is 24.3. The molecule has 268 valence electrons. The van der Waals surface area contributed by atoms with Gasteiger partial charge in [0.05, 0.1) is 11.5 Å². The average molecular weight is 713 g/mol. The van der Waals surface area contributed by atoms with Crippen molar-refractivity contribution in [3.05, 3.63) is 71.0 Å². The molecule has 2 aromatic carbocycles. The van der Waals surface area contributed by atoms with Gasteiger partial charge in [0, 0.05) is 71.2 Å². The van der Waals surface area contributed by atoms with Crippen molar-refractivity contribution in [2.45, 2.75) is 90.1 Å². The van der Waals surface area contributed by atoms with E-state index in [-0.39, 0.29) is 0 Å². The van der Waals surface area contributed by atoms with Crippen LogP contribution >= 0.6 is 23.5 Å². The molecule has 6 atom stereocenters. The van der Waals surface area contributed by atoms with Crippen LogP contribution in [-0.2, 0) is 22.4 Å². The summed E-state index contributed by atoms with van der Waals surface area (Å²) < 4.78 is 0. The van der Waals surface area contributed by atoms with Gasteiger partial charge in [-0.25, -0.2) is 0 Å². The number of aromatic amines is 2. The summed E-state index contributed by atoms with van der Waals surface area (Å²) in [6.07, 6.45) is 11.7. The number of thioether (sulfide) groups is 2. The Bertz CT molecular complexity index is 1670. The van der Waals surface area contributed by atoms with E-state index in [2.05, 4.69) is 82.4 Å². The molecule has 0 amide bonds. The molecular formula is C42H56N4O2S2. The number of nitrogens with one attached hydrogen (secondary N) is 2. The topological polar surface area (TPSA) is 72.2 Å². The van der Waals surface area contributed by atoms with E-state index in [9.17, 15) is 9.59 Å². The maximum atomic E-state index is 11.3. The Labute approximate surface area is 307 Å². The standard InChI is InChI=1S/2C21H28N2OS/c2*1-3-7-23-11-15(13-25-12-14(2)24)8-18-17-5-4-6-19-21(17)16(10-22-19)9-20(18)23/h2*4-6,10,15,18,20,22H,3,7-9,11-13H2,1-2H3/t2*15-,18-,20-/m11/s1. The molecule has 8 heteroatoms. The molecule has 2 saturated heterocycles. The summed E-state index contributed by atoms with van der Waals surface area (Å²) in [6, 6.07) is 14.8. The van der Waals surface area contributed by atoms with Crippen molar-refractivity contribution < 1.29 is 9.59 Å². The van der Waals surface area contributed by atoms with Gasteiger partial charge >= 0.3 is 0 Å². The number of carbonyl (C=O) groups excluding carboxylic acids is 2. The highest BCUT2D eigenvalue weighted by Gasteiger charge is 2.41. The SMILES string of the molecule is CCCN1C[C@H](CSCC(C)=O)C[C@@H]2c3cccc4[nH]cc(c34)C[C@H]21.CCCN1C[C@H](CSCC(C)=O)C[C@@H]2c3cccc4[nH]cc(c34)C[C@H]21. The minimum absolute atomic E-state index is 0.295. The number of H-pyrrole nitrogens is 2. The van der Waals surface area contributed by atoms with E-state index in [4.69, 9.17) is 0 Å². The largest absolute Gasteiger partial charge is 0.361 e. The van der Waals surface area contributed by atoms with E-state index in [1.54, 1.807) is 25.0 Å². The van der Waals surface area contributed by atoms with E-state index >= 15 is 0 Å². The van der Waals surface area contributed by atoms with Gasteiger partial charge in [0.15, 0.2) is 0 Å². The van der Waals surface area contributed by atoms with Gasteiger partial charge in [-0.05, 0) is 123 Å². The molecule has 2 aliphatic heterocycles. The number of rotatable bonds is 12. The molecule has 4 aromatic rings. The highest BCUT2D eigenvalue weighted by atomic mass is 32.2. The molecule has 4 heterocycles. The first-order valence-corrected chi connectivity index (χ1v) is 21.5. The Balaban J connectivity index is 0.000000157. The normalized spacial score (nSPS) is 25.9. The molecular weight excluding hydrogens is 657 g/mol. The van der Waals surface area contributed by atoms with Gasteiger partial charge in [-0.3, -0.25) is 19.4 Å². The fourth-order valence-corrected chi connectivity index (χ4v) is 11.8. The summed E-state index contributed by atoms with van der Waals surface area (Å²) in [5.74, 6) is 6.78. The Hall–Kier alpha value is -2.52. The van der Waals surface area contributed by atoms with Crippen molar-refractivity contribution in [3.8, 4) is 0 Å². The lowest BCUT2D eigenvalue weighted by molar-refractivity contribution is -0.115. The van der Waals surface area contributed by atoms with Gasteiger partial charge in [0.25, 0.3) is 0 Å². The molecule has 6 nitrogen and oxygen atoms in total. The number of hydrogen-bond acceptors (Lipinski definition) is 6. The number of likely N-dealkylation sites (tertiary alicyclic amines) is 2. The summed E-state index contributed by atoms with van der Waals surface area (Å²) in [7, 11) is 0. The second-order valence-electron chi connectivity index (χ2n) is 15.6. The van der Waals surface area contributed by atoms with Crippen LogP contribution in [0.15, 0.2) is 48.8 Å². The second kappa shape index (κ2) is 16.0. The average Bonchev–Trinajstić information content (AvgIpc) is 3.72. The molecule has 50 heavy (non-hydrogen) atoms. The minimum atomic E-state index is 0.295. The lowest BCUT2D eigenvalue weighted by Gasteiger charge is -2.47. The van der Waals surface area contributed by atoms with Crippen molar-refractivity contribution in [2.24, 2.45) is 11.8 Å². The van der Waals surface area contributed by atoms with Gasteiger partial charge in [-0.2, -0.15) is 23.5 Å². The fourth-order valence-electron chi connectivity index (χ4n) is 9.87. The van der Waals surface area contributed by atoms with Gasteiger partial charge in [0.1, 0.15) is 11.6 Å². The summed E-state index contributed by atoms with van der Waals surface area (Å²) in [5, 5.41) is 2.97. The van der Waals surface area contributed by atoms with Gasteiger partial charge in [0.2, 0.25) is 0 Å². The van der Waals surface area contributed by atoms with Crippen molar-refractivity contribution in [3.63, 3.8) is 0 Å². The van der Waals surface area contributed by atoms with Crippen molar-refractivity contribution in [1.82, 2.24) is 19.8 Å². The molecule has 2 aliphatic carbocycles. The highest BCUT2D eigenvalue weighted by molar-refractivity contribution is 8.00. The van der Waals surface area contributed by atoms with Crippen molar-refractivity contribution in [1.29, 1.82) is 0 Å². The van der Waals surface area contributed by atoms with Crippen LogP contribution in [0.25, 0.3) is 21.8 Å². The van der Waals surface area contributed by atoms with Crippen LogP contribution in [0, 0.1) is 11.8 Å². The molecule has 0 saturated carbocycles. The van der Waals surface area contributed by atoms with E-state index in [0.717, 1.165) is 11.5 Å².